The van der Waals surface area contributed by atoms with Crippen LogP contribution in [0.1, 0.15) is 189 Å². The maximum atomic E-state index is 14.5. The number of ketones is 2. The Morgan fingerprint density at radius 3 is 1.27 bits per heavy atom. The number of amides is 2. The Bertz CT molecular complexity index is 2900. The lowest BCUT2D eigenvalue weighted by Gasteiger charge is -2.33. The molecule has 2 amide bonds. The van der Waals surface area contributed by atoms with E-state index >= 15 is 0 Å². The number of carboxylic acid groups (broad SMARTS) is 1. The van der Waals surface area contributed by atoms with Crippen molar-refractivity contribution < 1.29 is 42.7 Å². The molecule has 2 aromatic heterocycles. The molecule has 0 bridgehead atoms. The number of hydrogen-bond donors (Lipinski definition) is 6. The minimum atomic E-state index is -0.649. The molecule has 460 valence electrons. The maximum Gasteiger partial charge on any atom is 0.326 e. The first kappa shape index (κ1) is 66.9. The zero-order valence-corrected chi connectivity index (χ0v) is 51.0. The summed E-state index contributed by atoms with van der Waals surface area (Å²) in [6.07, 6.45) is 20.2. The molecule has 6 fully saturated rings. The summed E-state index contributed by atoms with van der Waals surface area (Å²) >= 11 is 10.8. The molecule has 6 aliphatic rings. The molecule has 21 heteroatoms. The number of alkyl halides is 1. The van der Waals surface area contributed by atoms with E-state index in [2.05, 4.69) is 58.5 Å². The second kappa shape index (κ2) is 32.3. The van der Waals surface area contributed by atoms with Crippen LogP contribution in [0.25, 0.3) is 22.1 Å². The van der Waals surface area contributed by atoms with Gasteiger partial charge < -0.3 is 31.0 Å². The molecule has 2 aromatic carbocycles. The number of carbonyl (C=O) groups excluding carboxylic acids is 5. The van der Waals surface area contributed by atoms with Crippen molar-refractivity contribution in [2.75, 3.05) is 52.7 Å². The predicted molar refractivity (Wildman–Crippen MR) is 321 cm³/mol. The van der Waals surface area contributed by atoms with Crippen molar-refractivity contribution in [3.63, 3.8) is 0 Å². The van der Waals surface area contributed by atoms with Crippen LogP contribution in [0.4, 0.5) is 8.78 Å². The second-order valence-corrected chi connectivity index (χ2v) is 25.1. The molecule has 4 saturated carbocycles. The number of halogens is 4. The van der Waals surface area contributed by atoms with Gasteiger partial charge in [-0.1, -0.05) is 53.4 Å². The number of nitrogens with zero attached hydrogens (tertiary/aromatic N) is 3. The molecule has 2 aliphatic heterocycles. The highest BCUT2D eigenvalue weighted by Gasteiger charge is 2.31. The van der Waals surface area contributed by atoms with E-state index in [4.69, 9.17) is 28.3 Å². The van der Waals surface area contributed by atoms with Crippen LogP contribution >= 0.6 is 23.2 Å². The summed E-state index contributed by atoms with van der Waals surface area (Å²) in [5.41, 5.74) is 1.21. The minimum Gasteiger partial charge on any atom is -0.481 e. The van der Waals surface area contributed by atoms with Crippen molar-refractivity contribution >= 4 is 79.9 Å². The third-order valence-electron chi connectivity index (χ3n) is 18.3. The van der Waals surface area contributed by atoms with Gasteiger partial charge in [-0.25, -0.2) is 18.4 Å². The minimum absolute atomic E-state index is 0.0452. The number of Topliss-reactive ketones (excluding diaryl/α,β-unsaturated/α-hetero) is 2. The Hall–Kier alpha value is -5.24. The van der Waals surface area contributed by atoms with Crippen molar-refractivity contribution in [1.82, 2.24) is 40.0 Å². The van der Waals surface area contributed by atoms with Crippen LogP contribution < -0.4 is 27.3 Å². The van der Waals surface area contributed by atoms with Crippen LogP contribution in [0.2, 0.25) is 0 Å². The SMILES string of the molecule is CC1CCC(C(=O)CCl)CC1.CC1CCC(C(=O)Cl)CC1.CC1CCC(C(=O)O)CC1.CNC(=O)c1cc2[nH]c(=O)n(C3CCN(CC(=O)C4CCC(C)CC4)CC3)c2cc1F.CNC(=O)c1cc2[nH]c(=O)n(C3CCNCC3)c2cc1F. The van der Waals surface area contributed by atoms with Crippen molar-refractivity contribution in [3.05, 3.63) is 68.0 Å². The summed E-state index contributed by atoms with van der Waals surface area (Å²) in [6.45, 7) is 12.6. The van der Waals surface area contributed by atoms with E-state index in [1.165, 1.54) is 64.0 Å². The molecule has 4 heterocycles. The van der Waals surface area contributed by atoms with E-state index in [0.717, 1.165) is 153 Å². The number of aromatic amines is 2. The molecule has 0 radical (unpaired) electrons. The number of fused-ring (bicyclic) bond motifs is 2. The first-order valence-corrected chi connectivity index (χ1v) is 31.3. The summed E-state index contributed by atoms with van der Waals surface area (Å²) < 4.78 is 31.8. The molecule has 17 nitrogen and oxygen atoms in total. The summed E-state index contributed by atoms with van der Waals surface area (Å²) in [6, 6.07) is 5.30. The fourth-order valence-corrected chi connectivity index (χ4v) is 13.1. The number of piperidine rings is 2. The molecular formula is C62H90Cl2F2N8O9. The molecule has 4 aromatic rings. The quantitative estimate of drug-likeness (QED) is 0.0610. The number of nitrogens with one attached hydrogen (secondary N) is 5. The second-order valence-electron chi connectivity index (χ2n) is 24.5. The van der Waals surface area contributed by atoms with Gasteiger partial charge in [0.1, 0.15) is 17.4 Å². The third kappa shape index (κ3) is 18.9. The fourth-order valence-electron chi connectivity index (χ4n) is 12.7. The Kier molecular flexibility index (Phi) is 26.0. The van der Waals surface area contributed by atoms with Crippen LogP contribution in [-0.2, 0) is 19.2 Å². The van der Waals surface area contributed by atoms with E-state index in [0.29, 0.717) is 34.4 Å². The van der Waals surface area contributed by atoms with E-state index in [1.54, 1.807) is 9.13 Å². The lowest BCUT2D eigenvalue weighted by molar-refractivity contribution is -0.143. The van der Waals surface area contributed by atoms with E-state index < -0.39 is 29.4 Å². The molecular weight excluding hydrogens is 1110 g/mol. The number of benzene rings is 2. The third-order valence-corrected chi connectivity index (χ3v) is 18.9. The topological polar surface area (TPSA) is 238 Å². The smallest absolute Gasteiger partial charge is 0.326 e. The first-order chi connectivity index (χ1) is 39.6. The van der Waals surface area contributed by atoms with Crippen LogP contribution in [0.3, 0.4) is 0 Å². The Morgan fingerprint density at radius 2 is 0.904 bits per heavy atom. The van der Waals surface area contributed by atoms with Crippen molar-refractivity contribution in [1.29, 1.82) is 0 Å². The highest BCUT2D eigenvalue weighted by Crippen LogP contribution is 2.33. The molecule has 83 heavy (non-hydrogen) atoms. The first-order valence-electron chi connectivity index (χ1n) is 30.4. The highest BCUT2D eigenvalue weighted by atomic mass is 35.5. The molecule has 6 N–H and O–H groups in total. The zero-order chi connectivity index (χ0) is 60.5. The van der Waals surface area contributed by atoms with Crippen molar-refractivity contribution in [3.8, 4) is 0 Å². The van der Waals surface area contributed by atoms with Crippen LogP contribution in [0.5, 0.6) is 0 Å². The highest BCUT2D eigenvalue weighted by molar-refractivity contribution is 6.64. The van der Waals surface area contributed by atoms with Gasteiger partial charge in [0.05, 0.1) is 51.5 Å². The molecule has 0 spiro atoms. The molecule has 10 rings (SSSR count). The van der Waals surface area contributed by atoms with Gasteiger partial charge in [-0.3, -0.25) is 42.8 Å². The van der Waals surface area contributed by atoms with Gasteiger partial charge in [-0.2, -0.15) is 0 Å². The van der Waals surface area contributed by atoms with E-state index in [-0.39, 0.29) is 75.2 Å². The molecule has 0 atom stereocenters. The lowest BCUT2D eigenvalue weighted by atomic mass is 9.81. The standard InChI is InChI=1S/C23H31FN4O3.C14H17FN4O2.C9H15ClO.C8H13ClO.C8H14O2/c1-14-3-5-15(6-4-14)21(29)13-27-9-7-16(8-10-27)28-20-12-18(24)17(22(30)25-2)11-19(20)26-23(28)31;1-16-13(20)9-6-11-12(7-10(9)15)19(14(21)18-11)8-2-4-17-5-3-8;1-7-2-4-8(5-3-7)9(11)6-10;2*1-6-2-4-7(5-3-6)8(9)10/h11-12,14-16H,3-10,13H2,1-2H3,(H,25,30)(H,26,31);6-8,17H,2-5H2,1H3,(H,16,20)(H,18,21);7-8H,2-6H2,1H3;6-7H,2-5H2,1H3;6-7H,2-5H2,1H3,(H,9,10). The van der Waals surface area contributed by atoms with E-state index in [1.807, 2.05) is 0 Å². The summed E-state index contributed by atoms with van der Waals surface area (Å²) in [7, 11) is 2.88. The average Bonchev–Trinajstić information content (AvgIpc) is 4.22. The normalized spacial score (nSPS) is 25.1. The number of carbonyl (C=O) groups is 6. The van der Waals surface area contributed by atoms with Crippen molar-refractivity contribution in [2.45, 2.75) is 168 Å². The van der Waals surface area contributed by atoms with Crippen LogP contribution in [0.15, 0.2) is 33.9 Å². The summed E-state index contributed by atoms with van der Waals surface area (Å²) in [5, 5.41) is 16.5. The van der Waals surface area contributed by atoms with Crippen molar-refractivity contribution in [2.24, 2.45) is 47.3 Å². The van der Waals surface area contributed by atoms with Gasteiger partial charge in [0.2, 0.25) is 5.24 Å². The largest absolute Gasteiger partial charge is 0.481 e. The number of hydrogen-bond acceptors (Lipinski definition) is 10. The number of carboxylic acids is 1. The molecule has 4 aliphatic carbocycles. The van der Waals surface area contributed by atoms with Gasteiger partial charge in [0, 0.05) is 69.2 Å². The summed E-state index contributed by atoms with van der Waals surface area (Å²) in [4.78, 5) is 101. The lowest BCUT2D eigenvalue weighted by Crippen LogP contribution is -2.41. The molecule has 0 unspecified atom stereocenters. The van der Waals surface area contributed by atoms with Gasteiger partial charge in [-0.05, 0) is 163 Å². The van der Waals surface area contributed by atoms with Gasteiger partial charge in [-0.15, -0.1) is 11.6 Å². The maximum absolute atomic E-state index is 14.5. The Morgan fingerprint density at radius 1 is 0.542 bits per heavy atom. The average molecular weight is 1200 g/mol. The number of rotatable bonds is 11. The number of aromatic nitrogens is 4. The predicted octanol–water partition coefficient (Wildman–Crippen LogP) is 10.7. The number of likely N-dealkylation sites (tertiary alicyclic amines) is 1. The van der Waals surface area contributed by atoms with Gasteiger partial charge >= 0.3 is 17.3 Å². The Labute approximate surface area is 496 Å². The number of imidazole rings is 2. The molecule has 2 saturated heterocycles. The van der Waals surface area contributed by atoms with Gasteiger partial charge in [0.15, 0.2) is 5.78 Å². The van der Waals surface area contributed by atoms with Crippen LogP contribution in [-0.4, -0.2) is 116 Å². The van der Waals surface area contributed by atoms with Gasteiger partial charge in [0.25, 0.3) is 11.8 Å². The number of aliphatic carboxylic acids is 1. The summed E-state index contributed by atoms with van der Waals surface area (Å²) in [5.74, 6) is 1.57. The number of H-pyrrole nitrogens is 2. The monoisotopic (exact) mass is 1200 g/mol. The fraction of sp³-hybridized carbons (Fsp3) is 0.677. The zero-order valence-electron chi connectivity index (χ0n) is 49.5. The van der Waals surface area contributed by atoms with Crippen LogP contribution in [0, 0.1) is 59.0 Å². The Balaban J connectivity index is 0.000000182. The van der Waals surface area contributed by atoms with E-state index in [9.17, 15) is 47.1 Å².